The normalized spacial score (nSPS) is 16.2. The fraction of sp³-hybridized carbons (Fsp3) is 0.458. The number of aliphatic hydroxyl groups excluding tert-OH is 2. The number of hydrogen-bond donors (Lipinski definition) is 2. The Kier molecular flexibility index (Phi) is 9.92. The number of carbonyl (C=O) groups excluding carboxylic acids is 1. The van der Waals surface area contributed by atoms with Gasteiger partial charge in [-0.3, -0.25) is 9.80 Å². The molecule has 1 heterocycles. The number of nitrogens with zero attached hydrogens (tertiary/aromatic N) is 2. The van der Waals surface area contributed by atoms with Crippen molar-refractivity contribution in [1.29, 1.82) is 0 Å². The van der Waals surface area contributed by atoms with E-state index >= 15 is 0 Å². The van der Waals surface area contributed by atoms with E-state index < -0.39 is 25.3 Å². The van der Waals surface area contributed by atoms with Crippen molar-refractivity contribution in [3.8, 4) is 0 Å². The van der Waals surface area contributed by atoms with Crippen LogP contribution in [0.1, 0.15) is 17.2 Å². The van der Waals surface area contributed by atoms with Crippen LogP contribution in [0, 0.1) is 0 Å². The van der Waals surface area contributed by atoms with E-state index in [0.29, 0.717) is 6.61 Å². The van der Waals surface area contributed by atoms with Crippen LogP contribution in [0.25, 0.3) is 0 Å². The summed E-state index contributed by atoms with van der Waals surface area (Å²) in [5, 5.41) is 18.6. The van der Waals surface area contributed by atoms with E-state index in [-0.39, 0.29) is 12.6 Å². The molecule has 2 N–H and O–H groups in total. The first-order chi connectivity index (χ1) is 15.6. The van der Waals surface area contributed by atoms with Gasteiger partial charge in [0.25, 0.3) is 0 Å². The molecule has 1 aliphatic rings. The summed E-state index contributed by atoms with van der Waals surface area (Å²) in [7, 11) is 0. The van der Waals surface area contributed by atoms with Crippen LogP contribution >= 0.6 is 11.6 Å². The predicted octanol–water partition coefficient (Wildman–Crippen LogP) is 1.96. The van der Waals surface area contributed by atoms with Gasteiger partial charge in [0.05, 0.1) is 25.9 Å². The van der Waals surface area contributed by atoms with Crippen LogP contribution in [0.3, 0.4) is 0 Å². The second-order valence-corrected chi connectivity index (χ2v) is 8.21. The van der Waals surface area contributed by atoms with Crippen LogP contribution in [-0.4, -0.2) is 91.2 Å². The zero-order chi connectivity index (χ0) is 22.8. The number of esters is 1. The van der Waals surface area contributed by atoms with Crippen LogP contribution in [-0.2, 0) is 14.3 Å². The number of hydrogen-bond acceptors (Lipinski definition) is 7. The fourth-order valence-electron chi connectivity index (χ4n) is 3.84. The van der Waals surface area contributed by atoms with Gasteiger partial charge in [-0.05, 0) is 23.3 Å². The van der Waals surface area contributed by atoms with E-state index in [0.717, 1.165) is 37.7 Å². The number of benzene rings is 2. The third-order valence-corrected chi connectivity index (χ3v) is 5.80. The van der Waals surface area contributed by atoms with Crippen LogP contribution in [0.4, 0.5) is 0 Å². The largest absolute Gasteiger partial charge is 0.456 e. The molecule has 0 bridgehead atoms. The maximum atomic E-state index is 11.6. The molecule has 0 unspecified atom stereocenters. The molecule has 3 rings (SSSR count). The first-order valence-electron chi connectivity index (χ1n) is 10.9. The van der Waals surface area contributed by atoms with Crippen LogP contribution in [0.2, 0.25) is 5.02 Å². The van der Waals surface area contributed by atoms with Crippen molar-refractivity contribution >= 4 is 17.6 Å². The molecule has 0 spiro atoms. The minimum absolute atomic E-state index is 0.174. The van der Waals surface area contributed by atoms with Crippen molar-refractivity contribution in [3.63, 3.8) is 0 Å². The smallest absolute Gasteiger partial charge is 0.332 e. The predicted molar refractivity (Wildman–Crippen MR) is 123 cm³/mol. The van der Waals surface area contributed by atoms with Crippen molar-refractivity contribution in [2.75, 3.05) is 59.2 Å². The van der Waals surface area contributed by atoms with Gasteiger partial charge in [-0.15, -0.1) is 0 Å². The van der Waals surface area contributed by atoms with Crippen molar-refractivity contribution in [2.45, 2.75) is 12.1 Å². The first-order valence-corrected chi connectivity index (χ1v) is 11.2. The molecular formula is C24H31ClN2O5. The lowest BCUT2D eigenvalue weighted by Gasteiger charge is -2.39. The molecule has 0 amide bonds. The van der Waals surface area contributed by atoms with Crippen molar-refractivity contribution < 1.29 is 24.5 Å². The van der Waals surface area contributed by atoms with Gasteiger partial charge in [-0.25, -0.2) is 4.79 Å². The van der Waals surface area contributed by atoms with E-state index in [1.807, 2.05) is 18.2 Å². The molecular weight excluding hydrogens is 432 g/mol. The second-order valence-electron chi connectivity index (χ2n) is 7.77. The van der Waals surface area contributed by atoms with Gasteiger partial charge in [0.1, 0.15) is 12.7 Å². The van der Waals surface area contributed by atoms with E-state index in [9.17, 15) is 4.79 Å². The number of piperazine rings is 1. The molecule has 1 fully saturated rings. The van der Waals surface area contributed by atoms with Gasteiger partial charge in [-0.1, -0.05) is 54.1 Å². The van der Waals surface area contributed by atoms with Crippen LogP contribution < -0.4 is 0 Å². The quantitative estimate of drug-likeness (QED) is 0.390. The van der Waals surface area contributed by atoms with E-state index in [4.69, 9.17) is 31.3 Å². The Morgan fingerprint density at radius 1 is 0.938 bits per heavy atom. The molecule has 0 aromatic heterocycles. The minimum atomic E-state index is -0.891. The Balaban J connectivity index is 1.48. The van der Waals surface area contributed by atoms with Gasteiger partial charge in [-0.2, -0.15) is 0 Å². The van der Waals surface area contributed by atoms with Crippen LogP contribution in [0.5, 0.6) is 0 Å². The standard InChI is InChI=1S/C24H31ClN2O5/c25-21-8-6-20(7-9-21)24(19-4-2-1-3-5-19)27-12-10-26(11-13-27)14-15-31-18-23(30)32-22(16-28)17-29/h1-9,22,24,28-29H,10-18H2/t24-/m0/s1. The van der Waals surface area contributed by atoms with Gasteiger partial charge < -0.3 is 19.7 Å². The van der Waals surface area contributed by atoms with Crippen molar-refractivity contribution in [1.82, 2.24) is 9.80 Å². The molecule has 1 aliphatic heterocycles. The maximum Gasteiger partial charge on any atom is 0.332 e. The molecule has 7 nitrogen and oxygen atoms in total. The molecule has 1 saturated heterocycles. The number of carbonyl (C=O) groups is 1. The Labute approximate surface area is 194 Å². The number of rotatable bonds is 11. The maximum absolute atomic E-state index is 11.6. The summed E-state index contributed by atoms with van der Waals surface area (Å²) in [5.41, 5.74) is 2.48. The summed E-state index contributed by atoms with van der Waals surface area (Å²) in [4.78, 5) is 16.4. The van der Waals surface area contributed by atoms with Gasteiger partial charge in [0.15, 0.2) is 0 Å². The Bertz CT molecular complexity index is 809. The van der Waals surface area contributed by atoms with E-state index in [2.05, 4.69) is 46.2 Å². The van der Waals surface area contributed by atoms with Crippen LogP contribution in [0.15, 0.2) is 54.6 Å². The highest BCUT2D eigenvalue weighted by molar-refractivity contribution is 6.30. The van der Waals surface area contributed by atoms with Gasteiger partial charge in [0, 0.05) is 37.7 Å². The molecule has 1 atom stereocenters. The lowest BCUT2D eigenvalue weighted by atomic mass is 9.96. The Morgan fingerprint density at radius 3 is 2.19 bits per heavy atom. The Hall–Kier alpha value is -2.00. The minimum Gasteiger partial charge on any atom is -0.456 e. The summed E-state index contributed by atoms with van der Waals surface area (Å²) in [5.74, 6) is -0.586. The lowest BCUT2D eigenvalue weighted by molar-refractivity contribution is -0.158. The van der Waals surface area contributed by atoms with E-state index in [1.165, 1.54) is 11.1 Å². The van der Waals surface area contributed by atoms with Gasteiger partial charge >= 0.3 is 5.97 Å². The molecule has 2 aromatic rings. The average Bonchev–Trinajstić information content (AvgIpc) is 2.83. The fourth-order valence-corrected chi connectivity index (χ4v) is 3.97. The third kappa shape index (κ3) is 7.27. The topological polar surface area (TPSA) is 82.5 Å². The number of ether oxygens (including phenoxy) is 2. The monoisotopic (exact) mass is 462 g/mol. The van der Waals surface area contributed by atoms with Gasteiger partial charge in [0.2, 0.25) is 0 Å². The molecule has 0 radical (unpaired) electrons. The molecule has 32 heavy (non-hydrogen) atoms. The second kappa shape index (κ2) is 12.9. The molecule has 0 saturated carbocycles. The lowest BCUT2D eigenvalue weighted by Crippen LogP contribution is -2.48. The highest BCUT2D eigenvalue weighted by Crippen LogP contribution is 2.30. The molecule has 0 aliphatic carbocycles. The summed E-state index contributed by atoms with van der Waals surface area (Å²) in [6, 6.07) is 18.7. The zero-order valence-electron chi connectivity index (χ0n) is 18.1. The SMILES string of the molecule is O=C(COCCN1CCN([C@@H](c2ccccc2)c2ccc(Cl)cc2)CC1)OC(CO)CO. The highest BCUT2D eigenvalue weighted by atomic mass is 35.5. The summed E-state index contributed by atoms with van der Waals surface area (Å²) < 4.78 is 10.3. The van der Waals surface area contributed by atoms with Crippen molar-refractivity contribution in [2.24, 2.45) is 0 Å². The summed E-state index contributed by atoms with van der Waals surface area (Å²) >= 11 is 6.10. The summed E-state index contributed by atoms with van der Waals surface area (Å²) in [6.45, 7) is 3.77. The van der Waals surface area contributed by atoms with E-state index in [1.54, 1.807) is 0 Å². The average molecular weight is 463 g/mol. The molecule has 8 heteroatoms. The number of halogens is 1. The Morgan fingerprint density at radius 2 is 1.56 bits per heavy atom. The summed E-state index contributed by atoms with van der Waals surface area (Å²) in [6.07, 6.45) is -0.891. The third-order valence-electron chi connectivity index (χ3n) is 5.55. The molecule has 174 valence electrons. The molecule has 2 aromatic carbocycles. The number of aliphatic hydroxyl groups is 2. The van der Waals surface area contributed by atoms with Crippen molar-refractivity contribution in [3.05, 3.63) is 70.7 Å². The first kappa shape index (κ1) is 24.6. The highest BCUT2D eigenvalue weighted by Gasteiger charge is 2.26. The zero-order valence-corrected chi connectivity index (χ0v) is 18.9.